The van der Waals surface area contributed by atoms with E-state index < -0.39 is 5.91 Å². The average Bonchev–Trinajstić information content (AvgIpc) is 2.56. The van der Waals surface area contributed by atoms with Gasteiger partial charge in [0.1, 0.15) is 17.5 Å². The average molecular weight is 341 g/mol. The molecule has 1 heterocycles. The number of carbonyl (C=O) groups is 2. The highest BCUT2D eigenvalue weighted by atomic mass is 35.5. The third kappa shape index (κ3) is 4.66. The molecule has 2 N–H and O–H groups in total. The zero-order chi connectivity index (χ0) is 17.5. The van der Waals surface area contributed by atoms with Crippen LogP contribution < -0.4 is 10.6 Å². The van der Waals surface area contributed by atoms with Gasteiger partial charge in [-0.25, -0.2) is 4.98 Å². The van der Waals surface area contributed by atoms with Crippen LogP contribution in [0.2, 0.25) is 5.02 Å². The lowest BCUT2D eigenvalue weighted by atomic mass is 10.1. The quantitative estimate of drug-likeness (QED) is 0.494. The molecule has 1 amide bonds. The topological polar surface area (TPSA) is 94.9 Å². The zero-order valence-electron chi connectivity index (χ0n) is 12.7. The van der Waals surface area contributed by atoms with E-state index in [2.05, 4.69) is 15.6 Å². The molecule has 1 aromatic heterocycles. The molecule has 0 bridgehead atoms. The highest BCUT2D eigenvalue weighted by Gasteiger charge is 2.10. The summed E-state index contributed by atoms with van der Waals surface area (Å²) in [6.45, 7) is 1.46. The third-order valence-corrected chi connectivity index (χ3v) is 3.24. The molecule has 0 radical (unpaired) electrons. The van der Waals surface area contributed by atoms with Gasteiger partial charge in [-0.15, -0.1) is 0 Å². The van der Waals surface area contributed by atoms with Gasteiger partial charge in [-0.3, -0.25) is 9.59 Å². The van der Waals surface area contributed by atoms with E-state index in [0.717, 1.165) is 0 Å². The second-order valence-electron chi connectivity index (χ2n) is 4.76. The van der Waals surface area contributed by atoms with E-state index in [-0.39, 0.29) is 11.4 Å². The number of halogens is 1. The highest BCUT2D eigenvalue weighted by Crippen LogP contribution is 2.13. The molecular weight excluding hydrogens is 328 g/mol. The van der Waals surface area contributed by atoms with Gasteiger partial charge in [0, 0.05) is 28.7 Å². The predicted molar refractivity (Wildman–Crippen MR) is 91.6 cm³/mol. The Labute approximate surface area is 143 Å². The summed E-state index contributed by atoms with van der Waals surface area (Å²) in [4.78, 5) is 27.3. The monoisotopic (exact) mass is 340 g/mol. The fourth-order valence-electron chi connectivity index (χ4n) is 1.77. The van der Waals surface area contributed by atoms with Gasteiger partial charge in [-0.05, 0) is 43.3 Å². The SMILES string of the molecule is CC(=O)c1ccc(NC(=O)/C(C#N)=C\Nc2cc(Cl)ccn2)cc1. The summed E-state index contributed by atoms with van der Waals surface area (Å²) in [7, 11) is 0. The number of Topliss-reactive ketones (excluding diaryl/α,β-unsaturated/α-hetero) is 1. The number of nitrogens with one attached hydrogen (secondary N) is 2. The van der Waals surface area contributed by atoms with E-state index in [0.29, 0.717) is 22.1 Å². The van der Waals surface area contributed by atoms with E-state index in [9.17, 15) is 9.59 Å². The molecule has 2 aromatic rings. The number of pyridine rings is 1. The first-order chi connectivity index (χ1) is 11.5. The van der Waals surface area contributed by atoms with E-state index in [1.807, 2.05) is 6.07 Å². The molecule has 0 atom stereocenters. The lowest BCUT2D eigenvalue weighted by Gasteiger charge is -2.05. The van der Waals surface area contributed by atoms with Crippen LogP contribution in [0.1, 0.15) is 17.3 Å². The first-order valence-electron chi connectivity index (χ1n) is 6.90. The maximum Gasteiger partial charge on any atom is 0.267 e. The molecule has 7 heteroatoms. The second-order valence-corrected chi connectivity index (χ2v) is 5.20. The number of hydrogen-bond donors (Lipinski definition) is 2. The lowest BCUT2D eigenvalue weighted by Crippen LogP contribution is -2.14. The van der Waals surface area contributed by atoms with Crippen LogP contribution in [0.5, 0.6) is 0 Å². The van der Waals surface area contributed by atoms with Crippen molar-refractivity contribution in [3.8, 4) is 6.07 Å². The van der Waals surface area contributed by atoms with Crippen molar-refractivity contribution < 1.29 is 9.59 Å². The fraction of sp³-hybridized carbons (Fsp3) is 0.0588. The van der Waals surface area contributed by atoms with Gasteiger partial charge in [0.2, 0.25) is 0 Å². The first-order valence-corrected chi connectivity index (χ1v) is 7.28. The molecule has 2 rings (SSSR count). The van der Waals surface area contributed by atoms with Crippen molar-refractivity contribution in [2.24, 2.45) is 0 Å². The van der Waals surface area contributed by atoms with Crippen molar-refractivity contribution in [2.75, 3.05) is 10.6 Å². The van der Waals surface area contributed by atoms with Gasteiger partial charge >= 0.3 is 0 Å². The van der Waals surface area contributed by atoms with Crippen LogP contribution in [-0.4, -0.2) is 16.7 Å². The van der Waals surface area contributed by atoms with E-state index in [1.165, 1.54) is 19.3 Å². The van der Waals surface area contributed by atoms with Gasteiger partial charge in [-0.2, -0.15) is 5.26 Å². The number of rotatable bonds is 5. The highest BCUT2D eigenvalue weighted by molar-refractivity contribution is 6.30. The molecule has 0 saturated heterocycles. The maximum atomic E-state index is 12.1. The number of anilines is 2. The Morgan fingerprint density at radius 1 is 1.25 bits per heavy atom. The minimum Gasteiger partial charge on any atom is -0.345 e. The molecule has 0 unspecified atom stereocenters. The van der Waals surface area contributed by atoms with Gasteiger partial charge < -0.3 is 10.6 Å². The summed E-state index contributed by atoms with van der Waals surface area (Å²) >= 11 is 5.83. The van der Waals surface area contributed by atoms with Crippen molar-refractivity contribution in [3.63, 3.8) is 0 Å². The number of benzene rings is 1. The largest absolute Gasteiger partial charge is 0.345 e. The van der Waals surface area contributed by atoms with Crippen molar-refractivity contribution in [1.82, 2.24) is 4.98 Å². The van der Waals surface area contributed by atoms with Gasteiger partial charge in [0.15, 0.2) is 5.78 Å². The summed E-state index contributed by atoms with van der Waals surface area (Å²) in [5.41, 5.74) is 0.886. The van der Waals surface area contributed by atoms with Gasteiger partial charge in [-0.1, -0.05) is 11.6 Å². The summed E-state index contributed by atoms with van der Waals surface area (Å²) in [6, 6.07) is 11.4. The molecule has 0 fully saturated rings. The van der Waals surface area contributed by atoms with Crippen LogP contribution in [0, 0.1) is 11.3 Å². The fourth-order valence-corrected chi connectivity index (χ4v) is 1.92. The van der Waals surface area contributed by atoms with Crippen LogP contribution in [0.4, 0.5) is 11.5 Å². The number of ketones is 1. The third-order valence-electron chi connectivity index (χ3n) is 3.00. The van der Waals surface area contributed by atoms with Crippen molar-refractivity contribution in [2.45, 2.75) is 6.92 Å². The lowest BCUT2D eigenvalue weighted by molar-refractivity contribution is -0.112. The molecule has 0 aliphatic heterocycles. The predicted octanol–water partition coefficient (Wildman–Crippen LogP) is 3.40. The van der Waals surface area contributed by atoms with E-state index in [1.54, 1.807) is 36.4 Å². The summed E-state index contributed by atoms with van der Waals surface area (Å²) in [5.74, 6) is -0.236. The normalized spacial score (nSPS) is 10.6. The Bertz CT molecular complexity index is 838. The molecule has 120 valence electrons. The Morgan fingerprint density at radius 3 is 2.54 bits per heavy atom. The summed E-state index contributed by atoms with van der Waals surface area (Å²) < 4.78 is 0. The molecule has 0 aliphatic carbocycles. The van der Waals surface area contributed by atoms with E-state index in [4.69, 9.17) is 16.9 Å². The summed E-state index contributed by atoms with van der Waals surface area (Å²) in [5, 5.41) is 14.9. The Hall–Kier alpha value is -3.17. The van der Waals surface area contributed by atoms with Crippen LogP contribution in [-0.2, 0) is 4.79 Å². The van der Waals surface area contributed by atoms with Crippen LogP contribution >= 0.6 is 11.6 Å². The van der Waals surface area contributed by atoms with Gasteiger partial charge in [0.25, 0.3) is 5.91 Å². The van der Waals surface area contributed by atoms with Gasteiger partial charge in [0.05, 0.1) is 0 Å². The number of aromatic nitrogens is 1. The Morgan fingerprint density at radius 2 is 1.96 bits per heavy atom. The van der Waals surface area contributed by atoms with Crippen molar-refractivity contribution in [3.05, 3.63) is 65.0 Å². The molecule has 0 saturated carbocycles. The molecular formula is C17H13ClN4O2. The van der Waals surface area contributed by atoms with Crippen molar-refractivity contribution in [1.29, 1.82) is 5.26 Å². The number of amides is 1. The smallest absolute Gasteiger partial charge is 0.267 e. The minimum absolute atomic E-state index is 0.0660. The second kappa shape index (κ2) is 7.90. The van der Waals surface area contributed by atoms with Crippen LogP contribution in [0.25, 0.3) is 0 Å². The number of hydrogen-bond acceptors (Lipinski definition) is 5. The van der Waals surface area contributed by atoms with Crippen molar-refractivity contribution >= 4 is 34.8 Å². The zero-order valence-corrected chi connectivity index (χ0v) is 13.5. The molecule has 1 aromatic carbocycles. The number of nitriles is 1. The molecule has 0 spiro atoms. The summed E-state index contributed by atoms with van der Waals surface area (Å²) in [6.07, 6.45) is 2.75. The molecule has 0 aliphatic rings. The number of carbonyl (C=O) groups excluding carboxylic acids is 2. The Kier molecular flexibility index (Phi) is 5.66. The number of nitrogens with zero attached hydrogens (tertiary/aromatic N) is 2. The standard InChI is InChI=1S/C17H13ClN4O2/c1-11(23)12-2-4-15(5-3-12)22-17(24)13(9-19)10-21-16-8-14(18)6-7-20-16/h2-8,10H,1H3,(H,20,21)(H,22,24)/b13-10-. The Balaban J connectivity index is 2.07. The van der Waals surface area contributed by atoms with E-state index >= 15 is 0 Å². The molecule has 6 nitrogen and oxygen atoms in total. The van der Waals surface area contributed by atoms with Crippen LogP contribution in [0.15, 0.2) is 54.4 Å². The minimum atomic E-state index is -0.581. The van der Waals surface area contributed by atoms with Crippen LogP contribution in [0.3, 0.4) is 0 Å². The molecule has 24 heavy (non-hydrogen) atoms. The maximum absolute atomic E-state index is 12.1. The first kappa shape index (κ1) is 17.2.